The monoisotopic (exact) mass is 254 g/mol. The maximum atomic E-state index is 10.7. The van der Waals surface area contributed by atoms with Crippen molar-refractivity contribution in [1.82, 2.24) is 0 Å². The van der Waals surface area contributed by atoms with Crippen LogP contribution >= 0.6 is 27.3 Å². The number of aldehydes is 1. The first-order valence-corrected chi connectivity index (χ1v) is 5.47. The van der Waals surface area contributed by atoms with E-state index < -0.39 is 0 Å². The Hall–Kier alpha value is -0.670. The van der Waals surface area contributed by atoms with Gasteiger partial charge in [-0.15, -0.1) is 11.3 Å². The predicted molar refractivity (Wildman–Crippen MR) is 59.6 cm³/mol. The van der Waals surface area contributed by atoms with Gasteiger partial charge in [0.05, 0.1) is 3.79 Å². The molecule has 0 N–H and O–H groups in total. The number of hydrogen-bond acceptors (Lipinski definition) is 2. The molecule has 0 aliphatic rings. The molecule has 1 aromatic heterocycles. The van der Waals surface area contributed by atoms with E-state index in [1.165, 1.54) is 10.9 Å². The minimum Gasteiger partial charge on any atom is -0.298 e. The fourth-order valence-electron chi connectivity index (χ4n) is 1.34. The lowest BCUT2D eigenvalue weighted by molar-refractivity contribution is 0.112. The molecule has 0 amide bonds. The van der Waals surface area contributed by atoms with E-state index in [9.17, 15) is 4.79 Å². The maximum absolute atomic E-state index is 10.7. The molecule has 1 nitrogen and oxygen atoms in total. The van der Waals surface area contributed by atoms with Gasteiger partial charge in [-0.05, 0) is 45.9 Å². The number of rotatable bonds is 1. The standard InChI is InChI=1S/C10H7BrOS/c1-6-2-3-7(5-12)10-8(6)4-9(11)13-10/h2-5H,1H3. The average molecular weight is 255 g/mol. The third-order valence-corrected chi connectivity index (χ3v) is 3.72. The molecule has 0 atom stereocenters. The van der Waals surface area contributed by atoms with Gasteiger partial charge in [-0.1, -0.05) is 6.07 Å². The van der Waals surface area contributed by atoms with Gasteiger partial charge in [0.2, 0.25) is 0 Å². The minimum atomic E-state index is 0.774. The summed E-state index contributed by atoms with van der Waals surface area (Å²) in [6, 6.07) is 5.90. The Kier molecular flexibility index (Phi) is 2.22. The van der Waals surface area contributed by atoms with Crippen LogP contribution in [0.1, 0.15) is 15.9 Å². The van der Waals surface area contributed by atoms with Gasteiger partial charge in [-0.25, -0.2) is 0 Å². The zero-order valence-electron chi connectivity index (χ0n) is 7.00. The smallest absolute Gasteiger partial charge is 0.151 e. The lowest BCUT2D eigenvalue weighted by Crippen LogP contribution is -1.80. The molecule has 0 saturated carbocycles. The average Bonchev–Trinajstić information content (AvgIpc) is 2.48. The summed E-state index contributed by atoms with van der Waals surface area (Å²) in [7, 11) is 0. The van der Waals surface area contributed by atoms with Gasteiger partial charge in [0.1, 0.15) is 0 Å². The van der Waals surface area contributed by atoms with Crippen LogP contribution in [0.5, 0.6) is 0 Å². The number of carbonyl (C=O) groups is 1. The maximum Gasteiger partial charge on any atom is 0.151 e. The SMILES string of the molecule is Cc1ccc(C=O)c2sc(Br)cc12. The Morgan fingerprint density at radius 1 is 1.46 bits per heavy atom. The number of thiophene rings is 1. The van der Waals surface area contributed by atoms with E-state index in [2.05, 4.69) is 28.9 Å². The molecule has 0 radical (unpaired) electrons. The first-order chi connectivity index (χ1) is 6.22. The second-order valence-corrected chi connectivity index (χ2v) is 5.31. The van der Waals surface area contributed by atoms with Crippen LogP contribution in [0.3, 0.4) is 0 Å². The van der Waals surface area contributed by atoms with Crippen molar-refractivity contribution in [1.29, 1.82) is 0 Å². The molecule has 0 saturated heterocycles. The molecule has 1 aromatic carbocycles. The second-order valence-electron chi connectivity index (χ2n) is 2.88. The molecular weight excluding hydrogens is 248 g/mol. The van der Waals surface area contributed by atoms with E-state index in [0.29, 0.717) is 0 Å². The predicted octanol–water partition coefficient (Wildman–Crippen LogP) is 3.78. The summed E-state index contributed by atoms with van der Waals surface area (Å²) in [5.74, 6) is 0. The highest BCUT2D eigenvalue weighted by atomic mass is 79.9. The quantitative estimate of drug-likeness (QED) is 0.708. The molecule has 0 bridgehead atoms. The Labute approximate surface area is 88.5 Å². The van der Waals surface area contributed by atoms with Gasteiger partial charge in [0, 0.05) is 10.3 Å². The zero-order valence-corrected chi connectivity index (χ0v) is 9.41. The fourth-order valence-corrected chi connectivity index (χ4v) is 2.99. The van der Waals surface area contributed by atoms with E-state index >= 15 is 0 Å². The number of benzene rings is 1. The van der Waals surface area contributed by atoms with E-state index in [4.69, 9.17) is 0 Å². The van der Waals surface area contributed by atoms with Crippen LogP contribution in [0.2, 0.25) is 0 Å². The van der Waals surface area contributed by atoms with Crippen molar-refractivity contribution in [2.24, 2.45) is 0 Å². The third-order valence-electron chi connectivity index (χ3n) is 2.03. The largest absolute Gasteiger partial charge is 0.298 e. The van der Waals surface area contributed by atoms with Gasteiger partial charge >= 0.3 is 0 Å². The molecule has 3 heteroatoms. The summed E-state index contributed by atoms with van der Waals surface area (Å²) >= 11 is 5.03. The van der Waals surface area contributed by atoms with Crippen LogP contribution < -0.4 is 0 Å². The van der Waals surface area contributed by atoms with Gasteiger partial charge in [-0.2, -0.15) is 0 Å². The number of aryl methyl sites for hydroxylation is 1. The molecule has 2 rings (SSSR count). The van der Waals surface area contributed by atoms with Gasteiger partial charge in [0.25, 0.3) is 0 Å². The number of hydrogen-bond donors (Lipinski definition) is 0. The highest BCUT2D eigenvalue weighted by Crippen LogP contribution is 2.33. The van der Waals surface area contributed by atoms with Crippen LogP contribution in [-0.4, -0.2) is 6.29 Å². The first-order valence-electron chi connectivity index (χ1n) is 3.86. The van der Waals surface area contributed by atoms with Crippen LogP contribution in [0.15, 0.2) is 22.0 Å². The van der Waals surface area contributed by atoms with Gasteiger partial charge in [0.15, 0.2) is 6.29 Å². The molecule has 0 spiro atoms. The summed E-state index contributed by atoms with van der Waals surface area (Å²) in [5.41, 5.74) is 1.99. The van der Waals surface area contributed by atoms with E-state index in [0.717, 1.165) is 20.3 Å². The van der Waals surface area contributed by atoms with Gasteiger partial charge in [-0.3, -0.25) is 4.79 Å². The fraction of sp³-hybridized carbons (Fsp3) is 0.100. The van der Waals surface area contributed by atoms with E-state index in [1.807, 2.05) is 12.1 Å². The summed E-state index contributed by atoms with van der Waals surface area (Å²) in [6.07, 6.45) is 0.907. The highest BCUT2D eigenvalue weighted by Gasteiger charge is 2.06. The molecule has 13 heavy (non-hydrogen) atoms. The number of carbonyl (C=O) groups excluding carboxylic acids is 1. The molecule has 0 unspecified atom stereocenters. The van der Waals surface area contributed by atoms with Crippen molar-refractivity contribution in [3.63, 3.8) is 0 Å². The molecule has 2 aromatic rings. The summed E-state index contributed by atoms with van der Waals surface area (Å²) in [5, 5.41) is 1.17. The van der Waals surface area contributed by atoms with E-state index in [-0.39, 0.29) is 0 Å². The Balaban J connectivity index is 2.91. The highest BCUT2D eigenvalue weighted by molar-refractivity contribution is 9.11. The van der Waals surface area contributed by atoms with Gasteiger partial charge < -0.3 is 0 Å². The van der Waals surface area contributed by atoms with Crippen molar-refractivity contribution < 1.29 is 4.79 Å². The Morgan fingerprint density at radius 3 is 2.92 bits per heavy atom. The molecule has 1 heterocycles. The minimum absolute atomic E-state index is 0.774. The Bertz CT molecular complexity index is 473. The van der Waals surface area contributed by atoms with Crippen molar-refractivity contribution in [3.05, 3.63) is 33.1 Å². The topological polar surface area (TPSA) is 17.1 Å². The second kappa shape index (κ2) is 3.24. The van der Waals surface area contributed by atoms with Crippen LogP contribution in [0, 0.1) is 6.92 Å². The number of halogens is 1. The van der Waals surface area contributed by atoms with Crippen molar-refractivity contribution in [3.8, 4) is 0 Å². The summed E-state index contributed by atoms with van der Waals surface area (Å²) in [4.78, 5) is 10.7. The van der Waals surface area contributed by atoms with Crippen LogP contribution in [0.25, 0.3) is 10.1 Å². The lowest BCUT2D eigenvalue weighted by Gasteiger charge is -1.96. The van der Waals surface area contributed by atoms with Crippen LogP contribution in [-0.2, 0) is 0 Å². The Morgan fingerprint density at radius 2 is 2.23 bits per heavy atom. The van der Waals surface area contributed by atoms with E-state index in [1.54, 1.807) is 11.3 Å². The lowest BCUT2D eigenvalue weighted by atomic mass is 10.1. The molecule has 0 aliphatic carbocycles. The zero-order chi connectivity index (χ0) is 9.42. The molecule has 0 aliphatic heterocycles. The first kappa shape index (κ1) is 8.91. The summed E-state index contributed by atoms with van der Waals surface area (Å²) in [6.45, 7) is 2.05. The summed E-state index contributed by atoms with van der Waals surface area (Å²) < 4.78 is 2.14. The van der Waals surface area contributed by atoms with Crippen molar-refractivity contribution in [2.75, 3.05) is 0 Å². The van der Waals surface area contributed by atoms with Crippen LogP contribution in [0.4, 0.5) is 0 Å². The molecule has 0 fully saturated rings. The molecular formula is C10H7BrOS. The molecule has 66 valence electrons. The van der Waals surface area contributed by atoms with Crippen molar-refractivity contribution >= 4 is 43.6 Å². The van der Waals surface area contributed by atoms with Crippen molar-refractivity contribution in [2.45, 2.75) is 6.92 Å². The number of fused-ring (bicyclic) bond motifs is 1. The third kappa shape index (κ3) is 1.42. The normalized spacial score (nSPS) is 10.6.